The first-order valence-corrected chi connectivity index (χ1v) is 9.84. The Morgan fingerprint density at radius 2 is 1.33 bits per heavy atom. The average molecular weight is 394 g/mol. The summed E-state index contributed by atoms with van der Waals surface area (Å²) in [5.74, 6) is -0.804. The number of carbonyl (C=O) groups is 2. The Morgan fingerprint density at radius 3 is 2.00 bits per heavy atom. The van der Waals surface area contributed by atoms with Gasteiger partial charge >= 0.3 is 0 Å². The van der Waals surface area contributed by atoms with Crippen LogP contribution >= 0.6 is 0 Å². The molecule has 4 aromatic carbocycles. The first-order valence-electron chi connectivity index (χ1n) is 9.84. The van der Waals surface area contributed by atoms with Crippen molar-refractivity contribution in [2.45, 2.75) is 12.5 Å². The van der Waals surface area contributed by atoms with Crippen molar-refractivity contribution in [2.24, 2.45) is 5.73 Å². The minimum absolute atomic E-state index is 0.259. The minimum Gasteiger partial charge on any atom is -0.368 e. The van der Waals surface area contributed by atoms with Crippen molar-refractivity contribution in [3.8, 4) is 0 Å². The van der Waals surface area contributed by atoms with Crippen LogP contribution in [0, 0.1) is 0 Å². The molecule has 0 aliphatic rings. The van der Waals surface area contributed by atoms with Gasteiger partial charge in [-0.1, -0.05) is 78.9 Å². The fraction of sp³-hybridized carbons (Fsp3) is 0.0769. The molecular formula is C26H22N2O2. The number of primary amides is 1. The monoisotopic (exact) mass is 394 g/mol. The van der Waals surface area contributed by atoms with E-state index >= 15 is 0 Å². The molecule has 0 bridgehead atoms. The van der Waals surface area contributed by atoms with E-state index in [9.17, 15) is 9.59 Å². The van der Waals surface area contributed by atoms with E-state index in [1.54, 1.807) is 12.1 Å². The molecule has 2 N–H and O–H groups in total. The summed E-state index contributed by atoms with van der Waals surface area (Å²) in [6.07, 6.45) is 0.335. The molecule has 2 amide bonds. The molecule has 30 heavy (non-hydrogen) atoms. The molecule has 0 heterocycles. The molecule has 4 nitrogen and oxygen atoms in total. The number of benzene rings is 4. The summed E-state index contributed by atoms with van der Waals surface area (Å²) in [5, 5.41) is 2.05. The fourth-order valence-corrected chi connectivity index (χ4v) is 3.64. The van der Waals surface area contributed by atoms with Crippen molar-refractivity contribution in [1.29, 1.82) is 0 Å². The van der Waals surface area contributed by atoms with Gasteiger partial charge in [0.25, 0.3) is 5.91 Å². The number of fused-ring (bicyclic) bond motifs is 1. The van der Waals surface area contributed by atoms with E-state index in [1.807, 2.05) is 91.0 Å². The van der Waals surface area contributed by atoms with Crippen molar-refractivity contribution in [3.63, 3.8) is 0 Å². The smallest absolute Gasteiger partial charge is 0.259 e. The maximum absolute atomic E-state index is 13.5. The number of carbonyl (C=O) groups excluding carboxylic acids is 2. The van der Waals surface area contributed by atoms with Gasteiger partial charge in [-0.05, 0) is 40.6 Å². The first-order chi connectivity index (χ1) is 14.6. The number of hydrogen-bond donors (Lipinski definition) is 1. The summed E-state index contributed by atoms with van der Waals surface area (Å²) in [4.78, 5) is 27.6. The molecule has 0 unspecified atom stereocenters. The lowest BCUT2D eigenvalue weighted by Gasteiger charge is -2.30. The topological polar surface area (TPSA) is 63.4 Å². The maximum atomic E-state index is 13.5. The Balaban J connectivity index is 1.82. The van der Waals surface area contributed by atoms with Crippen LogP contribution < -0.4 is 10.6 Å². The summed E-state index contributed by atoms with van der Waals surface area (Å²) in [6.45, 7) is 0. The van der Waals surface area contributed by atoms with Crippen LogP contribution in [-0.2, 0) is 11.2 Å². The average Bonchev–Trinajstić information content (AvgIpc) is 2.79. The SMILES string of the molecule is NC(=O)[C@H](Cc1ccccc1)N(C(=O)c1ccccc1)c1ccc2ccccc2c1. The molecule has 0 aromatic heterocycles. The third kappa shape index (κ3) is 4.08. The lowest BCUT2D eigenvalue weighted by Crippen LogP contribution is -2.49. The van der Waals surface area contributed by atoms with Crippen LogP contribution in [0.1, 0.15) is 15.9 Å². The molecule has 4 heteroatoms. The summed E-state index contributed by atoms with van der Waals surface area (Å²) in [7, 11) is 0. The normalized spacial score (nSPS) is 11.7. The quantitative estimate of drug-likeness (QED) is 0.520. The largest absolute Gasteiger partial charge is 0.368 e. The number of hydrogen-bond acceptors (Lipinski definition) is 2. The van der Waals surface area contributed by atoms with Crippen LogP contribution in [0.25, 0.3) is 10.8 Å². The van der Waals surface area contributed by atoms with Gasteiger partial charge in [-0.25, -0.2) is 0 Å². The molecule has 0 saturated carbocycles. The van der Waals surface area contributed by atoms with Gasteiger partial charge in [-0.2, -0.15) is 0 Å². The van der Waals surface area contributed by atoms with E-state index in [2.05, 4.69) is 0 Å². The third-order valence-corrected chi connectivity index (χ3v) is 5.16. The zero-order valence-electron chi connectivity index (χ0n) is 16.4. The molecule has 0 aliphatic heterocycles. The van der Waals surface area contributed by atoms with Crippen LogP contribution in [0.2, 0.25) is 0 Å². The highest BCUT2D eigenvalue weighted by Crippen LogP contribution is 2.27. The lowest BCUT2D eigenvalue weighted by atomic mass is 10.0. The van der Waals surface area contributed by atoms with E-state index in [-0.39, 0.29) is 5.91 Å². The van der Waals surface area contributed by atoms with E-state index in [1.165, 1.54) is 4.90 Å². The molecule has 0 radical (unpaired) electrons. The number of amides is 2. The molecule has 148 valence electrons. The Kier molecular flexibility index (Phi) is 5.57. The van der Waals surface area contributed by atoms with Crippen LogP contribution in [-0.4, -0.2) is 17.9 Å². The maximum Gasteiger partial charge on any atom is 0.259 e. The van der Waals surface area contributed by atoms with E-state index < -0.39 is 11.9 Å². The highest BCUT2D eigenvalue weighted by molar-refractivity contribution is 6.10. The molecular weight excluding hydrogens is 372 g/mol. The second kappa shape index (κ2) is 8.62. The zero-order valence-corrected chi connectivity index (χ0v) is 16.4. The molecule has 0 saturated heterocycles. The van der Waals surface area contributed by atoms with Crippen molar-refractivity contribution in [2.75, 3.05) is 4.90 Å². The van der Waals surface area contributed by atoms with Gasteiger partial charge in [-0.15, -0.1) is 0 Å². The van der Waals surface area contributed by atoms with Crippen LogP contribution in [0.3, 0.4) is 0 Å². The Hall–Kier alpha value is -3.92. The first kappa shape index (κ1) is 19.4. The number of anilines is 1. The van der Waals surface area contributed by atoms with E-state index in [4.69, 9.17) is 5.73 Å². The Morgan fingerprint density at radius 1 is 0.733 bits per heavy atom. The summed E-state index contributed by atoms with van der Waals surface area (Å²) in [5.41, 5.74) is 7.90. The zero-order chi connectivity index (χ0) is 20.9. The summed E-state index contributed by atoms with van der Waals surface area (Å²) >= 11 is 0. The van der Waals surface area contributed by atoms with Crippen molar-refractivity contribution >= 4 is 28.3 Å². The van der Waals surface area contributed by atoms with Crippen LogP contribution in [0.5, 0.6) is 0 Å². The van der Waals surface area contributed by atoms with Gasteiger partial charge < -0.3 is 5.73 Å². The van der Waals surface area contributed by atoms with Gasteiger partial charge in [0.1, 0.15) is 6.04 Å². The van der Waals surface area contributed by atoms with Gasteiger partial charge in [0.2, 0.25) is 5.91 Å². The standard InChI is InChI=1S/C26H22N2O2/c27-25(29)24(17-19-9-3-1-4-10-19)28(26(30)21-12-5-2-6-13-21)23-16-15-20-11-7-8-14-22(20)18-23/h1-16,18,24H,17H2,(H2,27,29)/t24-/m0/s1. The number of rotatable bonds is 6. The predicted octanol–water partition coefficient (Wildman–Crippen LogP) is 4.58. The van der Waals surface area contributed by atoms with Crippen molar-refractivity contribution in [1.82, 2.24) is 0 Å². The molecule has 1 atom stereocenters. The molecule has 0 aliphatic carbocycles. The second-order valence-electron chi connectivity index (χ2n) is 7.18. The van der Waals surface area contributed by atoms with Crippen LogP contribution in [0.4, 0.5) is 5.69 Å². The molecule has 4 rings (SSSR count). The highest BCUT2D eigenvalue weighted by Gasteiger charge is 2.30. The van der Waals surface area contributed by atoms with E-state index in [0.29, 0.717) is 17.7 Å². The molecule has 0 fully saturated rings. The Labute approximate surface area is 175 Å². The summed E-state index contributed by atoms with van der Waals surface area (Å²) in [6, 6.07) is 31.4. The number of nitrogens with zero attached hydrogens (tertiary/aromatic N) is 1. The van der Waals surface area contributed by atoms with E-state index in [0.717, 1.165) is 16.3 Å². The molecule has 0 spiro atoms. The van der Waals surface area contributed by atoms with Gasteiger partial charge in [0, 0.05) is 17.7 Å². The van der Waals surface area contributed by atoms with Crippen LogP contribution in [0.15, 0.2) is 103 Å². The predicted molar refractivity (Wildman–Crippen MR) is 120 cm³/mol. The van der Waals surface area contributed by atoms with Crippen molar-refractivity contribution < 1.29 is 9.59 Å². The van der Waals surface area contributed by atoms with Gasteiger partial charge in [-0.3, -0.25) is 14.5 Å². The second-order valence-corrected chi connectivity index (χ2v) is 7.18. The van der Waals surface area contributed by atoms with Crippen molar-refractivity contribution in [3.05, 3.63) is 114 Å². The van der Waals surface area contributed by atoms with Gasteiger partial charge in [0.15, 0.2) is 0 Å². The highest BCUT2D eigenvalue weighted by atomic mass is 16.2. The summed E-state index contributed by atoms with van der Waals surface area (Å²) < 4.78 is 0. The minimum atomic E-state index is -0.818. The third-order valence-electron chi connectivity index (χ3n) is 5.16. The Bertz CT molecular complexity index is 1170. The van der Waals surface area contributed by atoms with Gasteiger partial charge in [0.05, 0.1) is 0 Å². The fourth-order valence-electron chi connectivity index (χ4n) is 3.64. The molecule has 4 aromatic rings. The number of nitrogens with two attached hydrogens (primary N) is 1. The lowest BCUT2D eigenvalue weighted by molar-refractivity contribution is -0.119.